The standard InChI is InChI=1S/C23H28ClN3O6/c1-31-10-11-33-22-14-19(27(29)30)18(13-21(22)32-2)23(28)25-15-20(26-8-3-4-9-26)16-6-5-7-17(24)12-16/h5-7,12-14,20H,3-4,8-11,15H2,1-2H3,(H,25,28). The molecule has 33 heavy (non-hydrogen) atoms. The van der Waals surface area contributed by atoms with Crippen LogP contribution in [0, 0.1) is 10.1 Å². The van der Waals surface area contributed by atoms with Crippen molar-refractivity contribution in [1.82, 2.24) is 10.2 Å². The molecular weight excluding hydrogens is 450 g/mol. The lowest BCUT2D eigenvalue weighted by Crippen LogP contribution is -2.37. The van der Waals surface area contributed by atoms with E-state index in [1.165, 1.54) is 26.4 Å². The molecule has 2 aromatic rings. The van der Waals surface area contributed by atoms with Gasteiger partial charge < -0.3 is 19.5 Å². The summed E-state index contributed by atoms with van der Waals surface area (Å²) in [6, 6.07) is 9.98. The first kappa shape index (κ1) is 24.8. The number of hydrogen-bond donors (Lipinski definition) is 1. The number of amides is 1. The second kappa shape index (κ2) is 11.8. The topological polar surface area (TPSA) is 103 Å². The van der Waals surface area contributed by atoms with Crippen LogP contribution in [0.2, 0.25) is 5.02 Å². The summed E-state index contributed by atoms with van der Waals surface area (Å²) in [5, 5.41) is 15.2. The molecule has 1 saturated heterocycles. The van der Waals surface area contributed by atoms with Crippen LogP contribution in [-0.2, 0) is 4.74 Å². The summed E-state index contributed by atoms with van der Waals surface area (Å²) in [5.74, 6) is -0.158. The fraction of sp³-hybridized carbons (Fsp3) is 0.435. The number of benzene rings is 2. The lowest BCUT2D eigenvalue weighted by Gasteiger charge is -2.28. The fourth-order valence-corrected chi connectivity index (χ4v) is 4.10. The molecule has 1 fully saturated rings. The molecule has 0 aliphatic carbocycles. The Hall–Kier alpha value is -2.88. The summed E-state index contributed by atoms with van der Waals surface area (Å²) >= 11 is 6.19. The van der Waals surface area contributed by atoms with E-state index in [-0.39, 0.29) is 41.9 Å². The van der Waals surface area contributed by atoms with E-state index in [0.717, 1.165) is 31.5 Å². The third-order valence-corrected chi connectivity index (χ3v) is 5.77. The second-order valence-corrected chi connectivity index (χ2v) is 8.08. The Bertz CT molecular complexity index is 981. The van der Waals surface area contributed by atoms with E-state index in [1.807, 2.05) is 18.2 Å². The van der Waals surface area contributed by atoms with Crippen LogP contribution >= 0.6 is 11.6 Å². The number of hydrogen-bond acceptors (Lipinski definition) is 7. The van der Waals surface area contributed by atoms with Crippen molar-refractivity contribution in [2.45, 2.75) is 18.9 Å². The first-order valence-electron chi connectivity index (χ1n) is 10.7. The van der Waals surface area contributed by atoms with Crippen LogP contribution < -0.4 is 14.8 Å². The van der Waals surface area contributed by atoms with Gasteiger partial charge in [-0.1, -0.05) is 23.7 Å². The number of nitro groups is 1. The molecule has 1 atom stereocenters. The highest BCUT2D eigenvalue weighted by molar-refractivity contribution is 6.30. The zero-order valence-electron chi connectivity index (χ0n) is 18.7. The zero-order valence-corrected chi connectivity index (χ0v) is 19.5. The van der Waals surface area contributed by atoms with Crippen LogP contribution in [0.15, 0.2) is 36.4 Å². The maximum atomic E-state index is 13.1. The summed E-state index contributed by atoms with van der Waals surface area (Å²) < 4.78 is 15.8. The molecular formula is C23H28ClN3O6. The van der Waals surface area contributed by atoms with Gasteiger partial charge in [-0.25, -0.2) is 0 Å². The van der Waals surface area contributed by atoms with Crippen LogP contribution in [0.1, 0.15) is 34.8 Å². The second-order valence-electron chi connectivity index (χ2n) is 7.64. The molecule has 0 radical (unpaired) electrons. The predicted octanol–water partition coefficient (Wildman–Crippen LogP) is 3.85. The number of nitrogens with one attached hydrogen (secondary N) is 1. The summed E-state index contributed by atoms with van der Waals surface area (Å²) in [5.41, 5.74) is 0.530. The van der Waals surface area contributed by atoms with E-state index in [2.05, 4.69) is 10.2 Å². The van der Waals surface area contributed by atoms with Gasteiger partial charge in [-0.2, -0.15) is 0 Å². The Morgan fingerprint density at radius 2 is 1.94 bits per heavy atom. The van der Waals surface area contributed by atoms with Crippen molar-refractivity contribution in [2.24, 2.45) is 0 Å². The Labute approximate surface area is 197 Å². The minimum absolute atomic E-state index is 0.0900. The quantitative estimate of drug-likeness (QED) is 0.298. The van der Waals surface area contributed by atoms with Crippen molar-refractivity contribution in [2.75, 3.05) is 47.1 Å². The summed E-state index contributed by atoms with van der Waals surface area (Å²) in [6.45, 7) is 2.60. The smallest absolute Gasteiger partial charge is 0.286 e. The molecule has 10 heteroatoms. The lowest BCUT2D eigenvalue weighted by atomic mass is 10.0. The number of ether oxygens (including phenoxy) is 3. The molecule has 3 rings (SSSR count). The minimum atomic E-state index is -0.605. The average molecular weight is 478 g/mol. The monoisotopic (exact) mass is 477 g/mol. The molecule has 1 aliphatic rings. The fourth-order valence-electron chi connectivity index (χ4n) is 3.90. The van der Waals surface area contributed by atoms with Crippen molar-refractivity contribution < 1.29 is 23.9 Å². The Kier molecular flexibility index (Phi) is 8.87. The van der Waals surface area contributed by atoms with Gasteiger partial charge in [0.1, 0.15) is 12.2 Å². The number of halogens is 1. The first-order chi connectivity index (χ1) is 15.9. The van der Waals surface area contributed by atoms with Gasteiger partial charge in [-0.15, -0.1) is 0 Å². The van der Waals surface area contributed by atoms with Gasteiger partial charge >= 0.3 is 0 Å². The van der Waals surface area contributed by atoms with Gasteiger partial charge in [0.05, 0.1) is 30.7 Å². The molecule has 2 aromatic carbocycles. The lowest BCUT2D eigenvalue weighted by molar-refractivity contribution is -0.385. The molecule has 0 bridgehead atoms. The summed E-state index contributed by atoms with van der Waals surface area (Å²) in [6.07, 6.45) is 2.16. The number of nitro benzene ring substituents is 1. The first-order valence-corrected chi connectivity index (χ1v) is 11.1. The van der Waals surface area contributed by atoms with Crippen LogP contribution in [0.25, 0.3) is 0 Å². The van der Waals surface area contributed by atoms with E-state index >= 15 is 0 Å². The van der Waals surface area contributed by atoms with Gasteiger partial charge in [0.2, 0.25) is 0 Å². The highest BCUT2D eigenvalue weighted by atomic mass is 35.5. The summed E-state index contributed by atoms with van der Waals surface area (Å²) in [4.78, 5) is 26.4. The van der Waals surface area contributed by atoms with E-state index < -0.39 is 10.8 Å². The van der Waals surface area contributed by atoms with Crippen LogP contribution in [-0.4, -0.2) is 62.8 Å². The number of carbonyl (C=O) groups excluding carboxylic acids is 1. The zero-order chi connectivity index (χ0) is 23.8. The van der Waals surface area contributed by atoms with Crippen molar-refractivity contribution in [1.29, 1.82) is 0 Å². The molecule has 9 nitrogen and oxygen atoms in total. The molecule has 1 N–H and O–H groups in total. The van der Waals surface area contributed by atoms with E-state index in [1.54, 1.807) is 6.07 Å². The van der Waals surface area contributed by atoms with Gasteiger partial charge in [0.25, 0.3) is 11.6 Å². The SMILES string of the molecule is COCCOc1cc([N+](=O)[O-])c(C(=O)NCC(c2cccc(Cl)c2)N2CCCC2)cc1OC. The predicted molar refractivity (Wildman–Crippen MR) is 124 cm³/mol. The molecule has 1 amide bonds. The van der Waals surface area contributed by atoms with E-state index in [4.69, 9.17) is 25.8 Å². The van der Waals surface area contributed by atoms with Crippen LogP contribution in [0.3, 0.4) is 0 Å². The number of likely N-dealkylation sites (tertiary alicyclic amines) is 1. The highest BCUT2D eigenvalue weighted by Crippen LogP contribution is 2.35. The minimum Gasteiger partial charge on any atom is -0.493 e. The van der Waals surface area contributed by atoms with Crippen molar-refractivity contribution >= 4 is 23.2 Å². The Balaban J connectivity index is 1.83. The maximum absolute atomic E-state index is 13.1. The van der Waals surface area contributed by atoms with Crippen LogP contribution in [0.5, 0.6) is 11.5 Å². The highest BCUT2D eigenvalue weighted by Gasteiger charge is 2.28. The third-order valence-electron chi connectivity index (χ3n) is 5.54. The van der Waals surface area contributed by atoms with Gasteiger partial charge in [0.15, 0.2) is 11.5 Å². The molecule has 0 saturated carbocycles. The molecule has 1 heterocycles. The van der Waals surface area contributed by atoms with Crippen molar-refractivity contribution in [3.8, 4) is 11.5 Å². The Morgan fingerprint density at radius 1 is 1.18 bits per heavy atom. The number of methoxy groups -OCH3 is 2. The number of carbonyl (C=O) groups is 1. The molecule has 1 unspecified atom stereocenters. The normalized spacial score (nSPS) is 14.6. The molecule has 1 aliphatic heterocycles. The average Bonchev–Trinajstić information content (AvgIpc) is 3.33. The van der Waals surface area contributed by atoms with Gasteiger partial charge in [-0.3, -0.25) is 19.8 Å². The van der Waals surface area contributed by atoms with Crippen LogP contribution in [0.4, 0.5) is 5.69 Å². The van der Waals surface area contributed by atoms with Gasteiger partial charge in [-0.05, 0) is 43.6 Å². The number of rotatable bonds is 11. The third kappa shape index (κ3) is 6.34. The van der Waals surface area contributed by atoms with E-state index in [9.17, 15) is 14.9 Å². The van der Waals surface area contributed by atoms with Gasteiger partial charge in [0, 0.05) is 24.7 Å². The Morgan fingerprint density at radius 3 is 2.58 bits per heavy atom. The molecule has 0 aromatic heterocycles. The molecule has 178 valence electrons. The summed E-state index contributed by atoms with van der Waals surface area (Å²) in [7, 11) is 2.93. The van der Waals surface area contributed by atoms with E-state index in [0.29, 0.717) is 11.6 Å². The maximum Gasteiger partial charge on any atom is 0.286 e. The number of nitrogens with zero attached hydrogens (tertiary/aromatic N) is 2. The largest absolute Gasteiger partial charge is 0.493 e. The van der Waals surface area contributed by atoms with Crippen molar-refractivity contribution in [3.05, 3.63) is 62.7 Å². The van der Waals surface area contributed by atoms with Crippen molar-refractivity contribution in [3.63, 3.8) is 0 Å². The molecule has 0 spiro atoms.